The second-order valence-electron chi connectivity index (χ2n) is 6.71. The van der Waals surface area contributed by atoms with Gasteiger partial charge in [-0.2, -0.15) is 0 Å². The van der Waals surface area contributed by atoms with Crippen molar-refractivity contribution in [3.8, 4) is 0 Å². The van der Waals surface area contributed by atoms with Gasteiger partial charge in [-0.3, -0.25) is 0 Å². The average molecular weight is 288 g/mol. The van der Waals surface area contributed by atoms with E-state index in [0.29, 0.717) is 0 Å². The Balaban J connectivity index is 1.56. The fraction of sp³-hybridized carbons (Fsp3) is 0.667. The van der Waals surface area contributed by atoms with Gasteiger partial charge in [-0.1, -0.05) is 25.0 Å². The summed E-state index contributed by atoms with van der Waals surface area (Å²) in [6.45, 7) is 3.52. The number of rotatable bonds is 5. The highest BCUT2D eigenvalue weighted by Gasteiger charge is 2.32. The Labute approximate surface area is 128 Å². The molecule has 0 atom stereocenters. The molecule has 1 aromatic carbocycles. The minimum absolute atomic E-state index is 0.0223. The van der Waals surface area contributed by atoms with Crippen LogP contribution in [0.25, 0.3) is 0 Å². The summed E-state index contributed by atoms with van der Waals surface area (Å²) in [5.74, 6) is 0. The second kappa shape index (κ2) is 6.80. The Morgan fingerprint density at radius 2 is 1.62 bits per heavy atom. The number of piperidine rings is 1. The first kappa shape index (κ1) is 14.9. The Kier molecular flexibility index (Phi) is 4.81. The number of hydrogen-bond acceptors (Lipinski definition) is 3. The predicted octanol–water partition coefficient (Wildman–Crippen LogP) is 3.07. The molecule has 0 amide bonds. The smallest absolute Gasteiger partial charge is 0.0613 e. The van der Waals surface area contributed by atoms with Gasteiger partial charge in [0.2, 0.25) is 0 Å². The van der Waals surface area contributed by atoms with E-state index in [1.54, 1.807) is 0 Å². The summed E-state index contributed by atoms with van der Waals surface area (Å²) in [6.07, 6.45) is 8.71. The maximum absolute atomic E-state index is 9.64. The van der Waals surface area contributed by atoms with Gasteiger partial charge < -0.3 is 15.3 Å². The highest BCUT2D eigenvalue weighted by molar-refractivity contribution is 5.47. The van der Waals surface area contributed by atoms with Gasteiger partial charge in [0.15, 0.2) is 0 Å². The number of hydrogen-bond donors (Lipinski definition) is 2. The van der Waals surface area contributed by atoms with E-state index in [0.717, 1.165) is 19.4 Å². The quantitative estimate of drug-likeness (QED) is 0.874. The third kappa shape index (κ3) is 3.58. The van der Waals surface area contributed by atoms with E-state index in [1.807, 2.05) is 0 Å². The normalized spacial score (nSPS) is 21.7. The lowest BCUT2D eigenvalue weighted by Gasteiger charge is -2.30. The standard InChI is InChI=1S/C18H28N2O/c21-15-18(10-2-3-11-18)19-14-16-6-8-17(9-7-16)20-12-4-1-5-13-20/h6-9,19,21H,1-5,10-15H2. The maximum Gasteiger partial charge on any atom is 0.0613 e. The fourth-order valence-electron chi connectivity index (χ4n) is 3.71. The van der Waals surface area contributed by atoms with Crippen LogP contribution in [0.3, 0.4) is 0 Å². The van der Waals surface area contributed by atoms with Crippen LogP contribution in [0.15, 0.2) is 24.3 Å². The van der Waals surface area contributed by atoms with Gasteiger partial charge in [0.1, 0.15) is 0 Å². The van der Waals surface area contributed by atoms with Crippen molar-refractivity contribution >= 4 is 5.69 Å². The number of nitrogens with one attached hydrogen (secondary N) is 1. The fourth-order valence-corrected chi connectivity index (χ4v) is 3.71. The molecule has 0 bridgehead atoms. The lowest BCUT2D eigenvalue weighted by molar-refractivity contribution is 0.163. The van der Waals surface area contributed by atoms with E-state index in [4.69, 9.17) is 0 Å². The summed E-state index contributed by atoms with van der Waals surface area (Å²) in [7, 11) is 0. The first-order valence-electron chi connectivity index (χ1n) is 8.51. The number of aliphatic hydroxyl groups is 1. The molecule has 1 aliphatic heterocycles. The number of benzene rings is 1. The topological polar surface area (TPSA) is 35.5 Å². The number of aliphatic hydroxyl groups excluding tert-OH is 1. The van der Waals surface area contributed by atoms with Gasteiger partial charge in [-0.15, -0.1) is 0 Å². The minimum atomic E-state index is -0.0223. The van der Waals surface area contributed by atoms with Crippen molar-refractivity contribution in [2.24, 2.45) is 0 Å². The average Bonchev–Trinajstić information content (AvgIpc) is 3.04. The minimum Gasteiger partial charge on any atom is -0.394 e. The van der Waals surface area contributed by atoms with Crippen molar-refractivity contribution in [3.05, 3.63) is 29.8 Å². The van der Waals surface area contributed by atoms with Crippen LogP contribution in [0.5, 0.6) is 0 Å². The monoisotopic (exact) mass is 288 g/mol. The summed E-state index contributed by atoms with van der Waals surface area (Å²) in [5, 5.41) is 13.2. The SMILES string of the molecule is OCC1(NCc2ccc(N3CCCCC3)cc2)CCCC1. The lowest BCUT2D eigenvalue weighted by atomic mass is 9.98. The van der Waals surface area contributed by atoms with E-state index in [2.05, 4.69) is 34.5 Å². The summed E-state index contributed by atoms with van der Waals surface area (Å²) in [4.78, 5) is 2.49. The van der Waals surface area contributed by atoms with Gasteiger partial charge in [0, 0.05) is 30.9 Å². The molecule has 2 fully saturated rings. The molecule has 0 radical (unpaired) electrons. The molecular formula is C18H28N2O. The molecule has 116 valence electrons. The molecule has 0 spiro atoms. The summed E-state index contributed by atoms with van der Waals surface area (Å²) < 4.78 is 0. The van der Waals surface area contributed by atoms with Crippen LogP contribution in [0.1, 0.15) is 50.5 Å². The van der Waals surface area contributed by atoms with Crippen LogP contribution >= 0.6 is 0 Å². The molecule has 1 aliphatic carbocycles. The third-order valence-electron chi connectivity index (χ3n) is 5.19. The summed E-state index contributed by atoms with van der Waals surface area (Å²) in [6, 6.07) is 8.97. The molecule has 1 saturated carbocycles. The van der Waals surface area contributed by atoms with Crippen LogP contribution in [0.4, 0.5) is 5.69 Å². The van der Waals surface area contributed by atoms with E-state index >= 15 is 0 Å². The Bertz CT molecular complexity index is 431. The van der Waals surface area contributed by atoms with Crippen LogP contribution in [0, 0.1) is 0 Å². The molecule has 2 N–H and O–H groups in total. The Morgan fingerprint density at radius 3 is 2.24 bits per heavy atom. The van der Waals surface area contributed by atoms with Gasteiger partial charge in [0.05, 0.1) is 6.61 Å². The van der Waals surface area contributed by atoms with E-state index in [-0.39, 0.29) is 12.1 Å². The van der Waals surface area contributed by atoms with Gasteiger partial charge in [-0.05, 0) is 49.8 Å². The molecule has 2 aliphatic rings. The van der Waals surface area contributed by atoms with Crippen LogP contribution in [-0.4, -0.2) is 30.3 Å². The van der Waals surface area contributed by atoms with Crippen LogP contribution < -0.4 is 10.2 Å². The predicted molar refractivity (Wildman–Crippen MR) is 87.6 cm³/mol. The second-order valence-corrected chi connectivity index (χ2v) is 6.71. The van der Waals surface area contributed by atoms with Crippen molar-refractivity contribution in [1.29, 1.82) is 0 Å². The summed E-state index contributed by atoms with van der Waals surface area (Å²) >= 11 is 0. The van der Waals surface area contributed by atoms with Crippen molar-refractivity contribution in [1.82, 2.24) is 5.32 Å². The van der Waals surface area contributed by atoms with Gasteiger partial charge in [0.25, 0.3) is 0 Å². The van der Waals surface area contributed by atoms with Gasteiger partial charge in [-0.25, -0.2) is 0 Å². The zero-order valence-electron chi connectivity index (χ0n) is 13.0. The lowest BCUT2D eigenvalue weighted by Crippen LogP contribution is -2.45. The number of anilines is 1. The highest BCUT2D eigenvalue weighted by atomic mass is 16.3. The van der Waals surface area contributed by atoms with Crippen molar-refractivity contribution in [3.63, 3.8) is 0 Å². The summed E-state index contributed by atoms with van der Waals surface area (Å²) in [5.41, 5.74) is 2.65. The molecule has 3 rings (SSSR count). The molecule has 21 heavy (non-hydrogen) atoms. The maximum atomic E-state index is 9.64. The third-order valence-corrected chi connectivity index (χ3v) is 5.19. The van der Waals surface area contributed by atoms with E-state index < -0.39 is 0 Å². The van der Waals surface area contributed by atoms with Crippen LogP contribution in [-0.2, 0) is 6.54 Å². The molecule has 3 heteroatoms. The van der Waals surface area contributed by atoms with E-state index in [1.165, 1.54) is 56.4 Å². The first-order chi connectivity index (χ1) is 10.3. The molecule has 0 unspecified atom stereocenters. The molecule has 1 aromatic rings. The van der Waals surface area contributed by atoms with Crippen molar-refractivity contribution in [2.45, 2.75) is 57.0 Å². The van der Waals surface area contributed by atoms with Gasteiger partial charge >= 0.3 is 0 Å². The Morgan fingerprint density at radius 1 is 0.952 bits per heavy atom. The largest absolute Gasteiger partial charge is 0.394 e. The molecule has 1 heterocycles. The highest BCUT2D eigenvalue weighted by Crippen LogP contribution is 2.29. The zero-order valence-corrected chi connectivity index (χ0v) is 13.0. The molecule has 1 saturated heterocycles. The van der Waals surface area contributed by atoms with Crippen molar-refractivity contribution in [2.75, 3.05) is 24.6 Å². The zero-order chi connectivity index (χ0) is 14.5. The van der Waals surface area contributed by atoms with Crippen LogP contribution in [0.2, 0.25) is 0 Å². The molecular weight excluding hydrogens is 260 g/mol. The van der Waals surface area contributed by atoms with Crippen molar-refractivity contribution < 1.29 is 5.11 Å². The Hall–Kier alpha value is -1.06. The first-order valence-corrected chi connectivity index (χ1v) is 8.51. The number of nitrogens with zero attached hydrogens (tertiary/aromatic N) is 1. The molecule has 3 nitrogen and oxygen atoms in total. The molecule has 0 aromatic heterocycles. The van der Waals surface area contributed by atoms with E-state index in [9.17, 15) is 5.11 Å².